The number of carboxylic acid groups (broad SMARTS) is 1. The first-order chi connectivity index (χ1) is 5.36. The van der Waals surface area contributed by atoms with Crippen LogP contribution in [-0.4, -0.2) is 17.4 Å². The highest BCUT2D eigenvalue weighted by Crippen LogP contribution is 2.69. The van der Waals surface area contributed by atoms with Crippen LogP contribution in [0.3, 0.4) is 0 Å². The molecule has 0 bridgehead atoms. The molecule has 2 unspecified atom stereocenters. The van der Waals surface area contributed by atoms with E-state index in [1.807, 2.05) is 20.8 Å². The van der Waals surface area contributed by atoms with E-state index >= 15 is 0 Å². The van der Waals surface area contributed by atoms with Gasteiger partial charge >= 0.3 is 5.97 Å². The van der Waals surface area contributed by atoms with Crippen molar-refractivity contribution < 1.29 is 14.7 Å². The maximum absolute atomic E-state index is 10.6. The molecule has 1 aliphatic carbocycles. The minimum Gasteiger partial charge on any atom is -0.481 e. The van der Waals surface area contributed by atoms with Gasteiger partial charge in [0.1, 0.15) is 6.29 Å². The highest BCUT2D eigenvalue weighted by Gasteiger charge is 2.68. The largest absolute Gasteiger partial charge is 0.481 e. The van der Waals surface area contributed by atoms with E-state index in [9.17, 15) is 9.59 Å². The topological polar surface area (TPSA) is 54.4 Å². The number of aliphatic carboxylic acids is 1. The standard InChI is InChI=1S/C9H14O3/c1-8(2)6(5-10)9(8,3)4-7(11)12/h5-6H,4H2,1-3H3,(H,11,12). The molecule has 0 heterocycles. The highest BCUT2D eigenvalue weighted by molar-refractivity contribution is 5.73. The third-order valence-electron chi connectivity index (χ3n) is 3.51. The van der Waals surface area contributed by atoms with Crippen LogP contribution in [0.2, 0.25) is 0 Å². The van der Waals surface area contributed by atoms with Crippen LogP contribution < -0.4 is 0 Å². The third-order valence-corrected chi connectivity index (χ3v) is 3.51. The molecule has 0 spiro atoms. The monoisotopic (exact) mass is 170 g/mol. The fraction of sp³-hybridized carbons (Fsp3) is 0.778. The lowest BCUT2D eigenvalue weighted by atomic mass is 9.95. The van der Waals surface area contributed by atoms with Crippen LogP contribution in [0, 0.1) is 16.7 Å². The van der Waals surface area contributed by atoms with Gasteiger partial charge in [-0.05, 0) is 10.8 Å². The van der Waals surface area contributed by atoms with Crippen molar-refractivity contribution >= 4 is 12.3 Å². The molecule has 0 saturated heterocycles. The average molecular weight is 170 g/mol. The van der Waals surface area contributed by atoms with Gasteiger partial charge in [-0.3, -0.25) is 4.79 Å². The van der Waals surface area contributed by atoms with Crippen LogP contribution in [0.4, 0.5) is 0 Å². The molecule has 2 atom stereocenters. The Balaban J connectivity index is 2.76. The maximum atomic E-state index is 10.6. The zero-order valence-corrected chi connectivity index (χ0v) is 7.63. The van der Waals surface area contributed by atoms with E-state index in [-0.39, 0.29) is 23.2 Å². The van der Waals surface area contributed by atoms with Crippen molar-refractivity contribution in [2.24, 2.45) is 16.7 Å². The summed E-state index contributed by atoms with van der Waals surface area (Å²) in [5, 5.41) is 8.62. The zero-order chi connectivity index (χ0) is 9.57. The molecule has 0 radical (unpaired) electrons. The molecule has 0 aliphatic heterocycles. The first-order valence-electron chi connectivity index (χ1n) is 4.03. The Morgan fingerprint density at radius 3 is 2.25 bits per heavy atom. The molecule has 0 aromatic heterocycles. The number of hydrogen-bond donors (Lipinski definition) is 1. The second-order valence-electron chi connectivity index (χ2n) is 4.32. The van der Waals surface area contributed by atoms with Gasteiger partial charge in [-0.15, -0.1) is 0 Å². The number of rotatable bonds is 3. The quantitative estimate of drug-likeness (QED) is 0.650. The van der Waals surface area contributed by atoms with E-state index in [1.165, 1.54) is 0 Å². The molecule has 0 aromatic rings. The summed E-state index contributed by atoms with van der Waals surface area (Å²) in [6.07, 6.45) is 0.965. The molecule has 0 amide bonds. The molecule has 3 nitrogen and oxygen atoms in total. The van der Waals surface area contributed by atoms with E-state index in [2.05, 4.69) is 0 Å². The lowest BCUT2D eigenvalue weighted by Gasteiger charge is -2.09. The molecule has 0 aromatic carbocycles. The molecular weight excluding hydrogens is 156 g/mol. The lowest BCUT2D eigenvalue weighted by Crippen LogP contribution is -2.10. The van der Waals surface area contributed by atoms with E-state index in [1.54, 1.807) is 0 Å². The average Bonchev–Trinajstić information content (AvgIpc) is 2.24. The summed E-state index contributed by atoms with van der Waals surface area (Å²) >= 11 is 0. The van der Waals surface area contributed by atoms with Gasteiger partial charge in [-0.25, -0.2) is 0 Å². The smallest absolute Gasteiger partial charge is 0.303 e. The summed E-state index contributed by atoms with van der Waals surface area (Å²) in [5.41, 5.74) is -0.478. The Kier molecular flexibility index (Phi) is 1.78. The molecule has 1 saturated carbocycles. The second kappa shape index (κ2) is 2.31. The normalized spacial score (nSPS) is 37.4. The predicted octanol–water partition coefficient (Wildman–Crippen LogP) is 1.32. The van der Waals surface area contributed by atoms with Crippen LogP contribution in [0.5, 0.6) is 0 Å². The van der Waals surface area contributed by atoms with Crippen molar-refractivity contribution in [3.8, 4) is 0 Å². The van der Waals surface area contributed by atoms with Gasteiger partial charge in [0.05, 0.1) is 6.42 Å². The number of carbonyl (C=O) groups is 2. The number of hydrogen-bond acceptors (Lipinski definition) is 2. The van der Waals surface area contributed by atoms with Crippen molar-refractivity contribution in [2.45, 2.75) is 27.2 Å². The zero-order valence-electron chi connectivity index (χ0n) is 7.63. The molecule has 1 rings (SSSR count). The minimum atomic E-state index is -0.824. The van der Waals surface area contributed by atoms with E-state index in [0.29, 0.717) is 0 Å². The van der Waals surface area contributed by atoms with E-state index in [0.717, 1.165) is 6.29 Å². The van der Waals surface area contributed by atoms with Crippen LogP contribution in [0.1, 0.15) is 27.2 Å². The van der Waals surface area contributed by atoms with Crippen molar-refractivity contribution in [1.82, 2.24) is 0 Å². The van der Waals surface area contributed by atoms with Crippen molar-refractivity contribution in [3.63, 3.8) is 0 Å². The number of carbonyl (C=O) groups excluding carboxylic acids is 1. The fourth-order valence-electron chi connectivity index (χ4n) is 2.09. The Morgan fingerprint density at radius 1 is 1.50 bits per heavy atom. The summed E-state index contributed by atoms with van der Waals surface area (Å²) in [6.45, 7) is 5.74. The predicted molar refractivity (Wildman–Crippen MR) is 43.7 cm³/mol. The summed E-state index contributed by atoms with van der Waals surface area (Å²) in [7, 11) is 0. The molecule has 1 fully saturated rings. The SMILES string of the molecule is CC1(C)C(C=O)C1(C)CC(=O)O. The molecule has 12 heavy (non-hydrogen) atoms. The van der Waals surface area contributed by atoms with Gasteiger partial charge in [-0.1, -0.05) is 20.8 Å². The molecule has 3 heteroatoms. The third kappa shape index (κ3) is 0.958. The van der Waals surface area contributed by atoms with Gasteiger partial charge in [0.2, 0.25) is 0 Å². The second-order valence-corrected chi connectivity index (χ2v) is 4.32. The molecule has 68 valence electrons. The number of carboxylic acids is 1. The Morgan fingerprint density at radius 2 is 2.00 bits per heavy atom. The molecule has 1 aliphatic rings. The van der Waals surface area contributed by atoms with Gasteiger partial charge in [0.25, 0.3) is 0 Å². The lowest BCUT2D eigenvalue weighted by molar-refractivity contribution is -0.138. The fourth-order valence-corrected chi connectivity index (χ4v) is 2.09. The van der Waals surface area contributed by atoms with Crippen LogP contribution in [-0.2, 0) is 9.59 Å². The van der Waals surface area contributed by atoms with Crippen LogP contribution in [0.15, 0.2) is 0 Å². The minimum absolute atomic E-state index is 0.0867. The van der Waals surface area contributed by atoms with Crippen molar-refractivity contribution in [2.75, 3.05) is 0 Å². The van der Waals surface area contributed by atoms with Crippen LogP contribution in [0.25, 0.3) is 0 Å². The van der Waals surface area contributed by atoms with Gasteiger partial charge in [0.15, 0.2) is 0 Å². The molecular formula is C9H14O3. The Labute approximate surface area is 71.8 Å². The highest BCUT2D eigenvalue weighted by atomic mass is 16.4. The van der Waals surface area contributed by atoms with Gasteiger partial charge in [0, 0.05) is 5.92 Å². The Bertz CT molecular complexity index is 232. The molecule has 1 N–H and O–H groups in total. The first kappa shape index (κ1) is 9.23. The summed E-state index contributed by atoms with van der Waals surface area (Å²) < 4.78 is 0. The van der Waals surface area contributed by atoms with E-state index < -0.39 is 5.97 Å². The summed E-state index contributed by atoms with van der Waals surface area (Å²) in [4.78, 5) is 21.1. The van der Waals surface area contributed by atoms with E-state index in [4.69, 9.17) is 5.11 Å². The van der Waals surface area contributed by atoms with Gasteiger partial charge in [-0.2, -0.15) is 0 Å². The van der Waals surface area contributed by atoms with Crippen LogP contribution >= 0.6 is 0 Å². The van der Waals surface area contributed by atoms with Crippen molar-refractivity contribution in [1.29, 1.82) is 0 Å². The van der Waals surface area contributed by atoms with Gasteiger partial charge < -0.3 is 9.90 Å². The summed E-state index contributed by atoms with van der Waals surface area (Å²) in [5.74, 6) is -0.920. The first-order valence-corrected chi connectivity index (χ1v) is 4.03. The van der Waals surface area contributed by atoms with Crippen molar-refractivity contribution in [3.05, 3.63) is 0 Å². The Hall–Kier alpha value is -0.860. The number of aldehydes is 1. The maximum Gasteiger partial charge on any atom is 0.303 e. The summed E-state index contributed by atoms with van der Waals surface area (Å²) in [6, 6.07) is 0.